The quantitative estimate of drug-likeness (QED) is 0.912. The fourth-order valence-electron chi connectivity index (χ4n) is 3.23. The molecule has 0 atom stereocenters. The highest BCUT2D eigenvalue weighted by Gasteiger charge is 2.39. The summed E-state index contributed by atoms with van der Waals surface area (Å²) in [7, 11) is 0. The average Bonchev–Trinajstić information content (AvgIpc) is 2.46. The molecule has 2 saturated carbocycles. The Labute approximate surface area is 120 Å². The molecule has 1 N–H and O–H groups in total. The monoisotopic (exact) mass is 270 g/mol. The van der Waals surface area contributed by atoms with Crippen molar-refractivity contribution in [3.63, 3.8) is 0 Å². The van der Waals surface area contributed by atoms with Gasteiger partial charge in [0.2, 0.25) is 0 Å². The molecule has 0 saturated heterocycles. The summed E-state index contributed by atoms with van der Waals surface area (Å²) in [6, 6.07) is 13.0. The van der Waals surface area contributed by atoms with Crippen LogP contribution in [0.25, 0.3) is 0 Å². The molecule has 1 aromatic rings. The average molecular weight is 270 g/mol. The lowest BCUT2D eigenvalue weighted by molar-refractivity contribution is 0.121. The van der Waals surface area contributed by atoms with Crippen molar-refractivity contribution in [3.8, 4) is 11.8 Å². The minimum atomic E-state index is -0.211. The molecule has 0 unspecified atom stereocenters. The Kier molecular flexibility index (Phi) is 3.93. The SMILES string of the molecule is N#CC1(NC2CCC(Oc3ccccc3)CC2)CCC1. The van der Waals surface area contributed by atoms with Crippen LogP contribution < -0.4 is 10.1 Å². The van der Waals surface area contributed by atoms with Crippen LogP contribution >= 0.6 is 0 Å². The Morgan fingerprint density at radius 3 is 2.35 bits per heavy atom. The molecule has 0 amide bonds. The third-order valence-corrected chi connectivity index (χ3v) is 4.62. The van der Waals surface area contributed by atoms with Crippen LogP contribution in [0.15, 0.2) is 30.3 Å². The summed E-state index contributed by atoms with van der Waals surface area (Å²) in [6.45, 7) is 0. The second kappa shape index (κ2) is 5.85. The van der Waals surface area contributed by atoms with Gasteiger partial charge in [0.15, 0.2) is 0 Å². The van der Waals surface area contributed by atoms with Gasteiger partial charge >= 0.3 is 0 Å². The lowest BCUT2D eigenvalue weighted by Gasteiger charge is -2.41. The van der Waals surface area contributed by atoms with E-state index in [1.807, 2.05) is 30.3 Å². The van der Waals surface area contributed by atoms with Crippen molar-refractivity contribution in [1.82, 2.24) is 5.32 Å². The molecule has 2 aliphatic rings. The number of nitriles is 1. The fourth-order valence-corrected chi connectivity index (χ4v) is 3.23. The molecule has 0 spiro atoms. The van der Waals surface area contributed by atoms with E-state index in [-0.39, 0.29) is 5.54 Å². The highest BCUT2D eigenvalue weighted by molar-refractivity contribution is 5.21. The van der Waals surface area contributed by atoms with Gasteiger partial charge in [0.25, 0.3) is 0 Å². The van der Waals surface area contributed by atoms with Gasteiger partial charge < -0.3 is 4.74 Å². The Hall–Kier alpha value is -1.53. The Morgan fingerprint density at radius 2 is 1.80 bits per heavy atom. The van der Waals surface area contributed by atoms with Crippen molar-refractivity contribution >= 4 is 0 Å². The van der Waals surface area contributed by atoms with Gasteiger partial charge in [-0.25, -0.2) is 0 Å². The predicted molar refractivity (Wildman–Crippen MR) is 78.4 cm³/mol. The van der Waals surface area contributed by atoms with Crippen LogP contribution in [-0.4, -0.2) is 17.7 Å². The number of nitrogens with zero attached hydrogens (tertiary/aromatic N) is 1. The third-order valence-electron chi connectivity index (χ3n) is 4.62. The zero-order chi connectivity index (χ0) is 13.8. The van der Waals surface area contributed by atoms with Crippen molar-refractivity contribution in [2.24, 2.45) is 0 Å². The second-order valence-electron chi connectivity index (χ2n) is 6.10. The van der Waals surface area contributed by atoms with E-state index in [9.17, 15) is 5.26 Å². The van der Waals surface area contributed by atoms with Crippen molar-refractivity contribution in [2.75, 3.05) is 0 Å². The van der Waals surface area contributed by atoms with E-state index in [1.165, 1.54) is 6.42 Å². The lowest BCUT2D eigenvalue weighted by Crippen LogP contribution is -2.55. The zero-order valence-electron chi connectivity index (χ0n) is 11.8. The summed E-state index contributed by atoms with van der Waals surface area (Å²) in [6.07, 6.45) is 7.93. The normalized spacial score (nSPS) is 28.1. The lowest BCUT2D eigenvalue weighted by atomic mass is 9.76. The number of rotatable bonds is 4. The summed E-state index contributed by atoms with van der Waals surface area (Å²) in [4.78, 5) is 0. The maximum atomic E-state index is 9.28. The van der Waals surface area contributed by atoms with Gasteiger partial charge in [-0.3, -0.25) is 5.32 Å². The number of nitrogens with one attached hydrogen (secondary N) is 1. The van der Waals surface area contributed by atoms with Crippen LogP contribution in [0.2, 0.25) is 0 Å². The van der Waals surface area contributed by atoms with E-state index >= 15 is 0 Å². The van der Waals surface area contributed by atoms with E-state index in [0.29, 0.717) is 12.1 Å². The fraction of sp³-hybridized carbons (Fsp3) is 0.588. The third kappa shape index (κ3) is 2.96. The van der Waals surface area contributed by atoms with E-state index in [0.717, 1.165) is 44.3 Å². The maximum Gasteiger partial charge on any atom is 0.119 e. The molecular weight excluding hydrogens is 248 g/mol. The number of hydrogen-bond acceptors (Lipinski definition) is 3. The van der Waals surface area contributed by atoms with Crippen LogP contribution in [0.4, 0.5) is 0 Å². The standard InChI is InChI=1S/C17H22N2O/c18-13-17(11-4-12-17)19-14-7-9-16(10-8-14)20-15-5-2-1-3-6-15/h1-3,5-6,14,16,19H,4,7-12H2. The van der Waals surface area contributed by atoms with Crippen molar-refractivity contribution in [3.05, 3.63) is 30.3 Å². The predicted octanol–water partition coefficient (Wildman–Crippen LogP) is 3.41. The van der Waals surface area contributed by atoms with Crippen LogP contribution in [0.3, 0.4) is 0 Å². The summed E-state index contributed by atoms with van der Waals surface area (Å²) < 4.78 is 6.01. The van der Waals surface area contributed by atoms with Crippen LogP contribution in [0, 0.1) is 11.3 Å². The minimum Gasteiger partial charge on any atom is -0.490 e. The van der Waals surface area contributed by atoms with E-state index in [2.05, 4.69) is 11.4 Å². The molecule has 106 valence electrons. The van der Waals surface area contributed by atoms with E-state index < -0.39 is 0 Å². The molecule has 0 aliphatic heterocycles. The molecule has 0 aromatic heterocycles. The molecule has 20 heavy (non-hydrogen) atoms. The molecule has 1 aromatic carbocycles. The van der Waals surface area contributed by atoms with Gasteiger partial charge in [-0.15, -0.1) is 0 Å². The molecule has 2 aliphatic carbocycles. The first-order chi connectivity index (χ1) is 9.80. The molecule has 3 nitrogen and oxygen atoms in total. The highest BCUT2D eigenvalue weighted by atomic mass is 16.5. The maximum absolute atomic E-state index is 9.28. The number of benzene rings is 1. The first-order valence-electron chi connectivity index (χ1n) is 7.70. The summed E-state index contributed by atoms with van der Waals surface area (Å²) in [5.74, 6) is 0.969. The van der Waals surface area contributed by atoms with Gasteiger partial charge in [-0.05, 0) is 57.1 Å². The molecule has 3 heteroatoms. The minimum absolute atomic E-state index is 0.211. The van der Waals surface area contributed by atoms with E-state index in [1.54, 1.807) is 0 Å². The molecule has 3 rings (SSSR count). The van der Waals surface area contributed by atoms with Gasteiger partial charge in [-0.1, -0.05) is 18.2 Å². The summed E-state index contributed by atoms with van der Waals surface area (Å²) >= 11 is 0. The second-order valence-corrected chi connectivity index (χ2v) is 6.10. The zero-order valence-corrected chi connectivity index (χ0v) is 11.8. The molecule has 0 bridgehead atoms. The van der Waals surface area contributed by atoms with Crippen LogP contribution in [0.5, 0.6) is 5.75 Å². The van der Waals surface area contributed by atoms with Gasteiger partial charge in [0.1, 0.15) is 11.3 Å². The van der Waals surface area contributed by atoms with E-state index in [4.69, 9.17) is 4.74 Å². The number of hydrogen-bond donors (Lipinski definition) is 1. The molecule has 2 fully saturated rings. The van der Waals surface area contributed by atoms with Crippen molar-refractivity contribution < 1.29 is 4.74 Å². The van der Waals surface area contributed by atoms with Crippen molar-refractivity contribution in [1.29, 1.82) is 5.26 Å². The first kappa shape index (κ1) is 13.5. The topological polar surface area (TPSA) is 45.0 Å². The summed E-state index contributed by atoms with van der Waals surface area (Å²) in [5, 5.41) is 12.9. The molecule has 0 radical (unpaired) electrons. The molecular formula is C17H22N2O. The van der Waals surface area contributed by atoms with Gasteiger partial charge in [0.05, 0.1) is 12.2 Å². The first-order valence-corrected chi connectivity index (χ1v) is 7.70. The smallest absolute Gasteiger partial charge is 0.119 e. The largest absolute Gasteiger partial charge is 0.490 e. The molecule has 0 heterocycles. The van der Waals surface area contributed by atoms with Crippen LogP contribution in [0.1, 0.15) is 44.9 Å². The summed E-state index contributed by atoms with van der Waals surface area (Å²) in [5.41, 5.74) is -0.211. The van der Waals surface area contributed by atoms with Crippen molar-refractivity contribution in [2.45, 2.75) is 62.6 Å². The highest BCUT2D eigenvalue weighted by Crippen LogP contribution is 2.33. The van der Waals surface area contributed by atoms with Gasteiger partial charge in [-0.2, -0.15) is 5.26 Å². The Morgan fingerprint density at radius 1 is 1.10 bits per heavy atom. The number of para-hydroxylation sites is 1. The Balaban J connectivity index is 1.46. The number of ether oxygens (including phenoxy) is 1. The van der Waals surface area contributed by atoms with Crippen LogP contribution in [-0.2, 0) is 0 Å². The van der Waals surface area contributed by atoms with Gasteiger partial charge in [0, 0.05) is 6.04 Å². The Bertz CT molecular complexity index is 468.